The largest absolute Gasteiger partial charge is 0.294 e. The molecule has 1 heterocycles. The van der Waals surface area contributed by atoms with Crippen LogP contribution in [0, 0.1) is 12.7 Å². The van der Waals surface area contributed by atoms with E-state index in [2.05, 4.69) is 5.10 Å². The number of aryl methyl sites for hydroxylation is 1. The van der Waals surface area contributed by atoms with Gasteiger partial charge in [-0.2, -0.15) is 5.10 Å². The lowest BCUT2D eigenvalue weighted by Gasteiger charge is -2.07. The maximum absolute atomic E-state index is 13.7. The molecule has 0 amide bonds. The molecule has 0 aliphatic heterocycles. The molecule has 0 unspecified atom stereocenters. The molecule has 0 N–H and O–H groups in total. The van der Waals surface area contributed by atoms with Crippen molar-refractivity contribution < 1.29 is 9.18 Å². The van der Waals surface area contributed by atoms with Gasteiger partial charge in [-0.15, -0.1) is 0 Å². The van der Waals surface area contributed by atoms with E-state index < -0.39 is 5.82 Å². The molecule has 0 radical (unpaired) electrons. The Morgan fingerprint density at radius 3 is 2.75 bits per heavy atom. The van der Waals surface area contributed by atoms with E-state index in [1.54, 1.807) is 18.5 Å². The molecule has 0 bridgehead atoms. The fourth-order valence-electron chi connectivity index (χ4n) is 1.57. The van der Waals surface area contributed by atoms with Crippen LogP contribution >= 0.6 is 0 Å². The molecule has 1 aromatic heterocycles. The lowest BCUT2D eigenvalue weighted by molar-refractivity contribution is 0.101. The van der Waals surface area contributed by atoms with Crippen LogP contribution in [0.2, 0.25) is 0 Å². The minimum absolute atomic E-state index is 0.178. The Labute approximate surface area is 92.5 Å². The van der Waals surface area contributed by atoms with Gasteiger partial charge in [-0.05, 0) is 31.5 Å². The van der Waals surface area contributed by atoms with Crippen LogP contribution in [0.1, 0.15) is 22.8 Å². The molecule has 0 saturated carbocycles. The van der Waals surface area contributed by atoms with Gasteiger partial charge in [-0.3, -0.25) is 4.79 Å². The predicted octanol–water partition coefficient (Wildman–Crippen LogP) is 2.52. The van der Waals surface area contributed by atoms with Crippen LogP contribution in [-0.4, -0.2) is 15.6 Å². The fourth-order valence-corrected chi connectivity index (χ4v) is 1.57. The molecule has 0 spiro atoms. The second kappa shape index (κ2) is 3.89. The van der Waals surface area contributed by atoms with Crippen LogP contribution < -0.4 is 0 Å². The van der Waals surface area contributed by atoms with Gasteiger partial charge < -0.3 is 0 Å². The van der Waals surface area contributed by atoms with Gasteiger partial charge in [-0.1, -0.05) is 6.07 Å². The molecule has 2 aromatic rings. The zero-order chi connectivity index (χ0) is 11.7. The Morgan fingerprint density at radius 2 is 2.19 bits per heavy atom. The van der Waals surface area contributed by atoms with Crippen LogP contribution in [-0.2, 0) is 0 Å². The summed E-state index contributed by atoms with van der Waals surface area (Å²) >= 11 is 0. The van der Waals surface area contributed by atoms with Gasteiger partial charge in [0.25, 0.3) is 0 Å². The third-order valence-electron chi connectivity index (χ3n) is 2.31. The van der Waals surface area contributed by atoms with Crippen molar-refractivity contribution in [3.05, 3.63) is 47.5 Å². The molecule has 0 fully saturated rings. The Morgan fingerprint density at radius 1 is 1.44 bits per heavy atom. The third-order valence-corrected chi connectivity index (χ3v) is 2.31. The summed E-state index contributed by atoms with van der Waals surface area (Å²) in [5.41, 5.74) is 1.46. The van der Waals surface area contributed by atoms with Crippen LogP contribution in [0.15, 0.2) is 30.6 Å². The maximum Gasteiger partial charge on any atom is 0.162 e. The molecule has 0 saturated heterocycles. The van der Waals surface area contributed by atoms with Crippen LogP contribution in [0.5, 0.6) is 0 Å². The fraction of sp³-hybridized carbons (Fsp3) is 0.167. The summed E-state index contributed by atoms with van der Waals surface area (Å²) in [7, 11) is 0. The summed E-state index contributed by atoms with van der Waals surface area (Å²) in [4.78, 5) is 11.4. The van der Waals surface area contributed by atoms with Crippen molar-refractivity contribution in [2.45, 2.75) is 13.8 Å². The van der Waals surface area contributed by atoms with Gasteiger partial charge in [0.15, 0.2) is 5.78 Å². The number of para-hydroxylation sites is 1. The number of ketones is 1. The van der Waals surface area contributed by atoms with E-state index in [1.807, 2.05) is 6.92 Å². The van der Waals surface area contributed by atoms with E-state index >= 15 is 0 Å². The van der Waals surface area contributed by atoms with E-state index in [0.717, 1.165) is 5.56 Å². The predicted molar refractivity (Wildman–Crippen MR) is 58.3 cm³/mol. The highest BCUT2D eigenvalue weighted by molar-refractivity contribution is 5.97. The van der Waals surface area contributed by atoms with Crippen molar-refractivity contribution in [2.24, 2.45) is 0 Å². The summed E-state index contributed by atoms with van der Waals surface area (Å²) in [6.45, 7) is 3.27. The molecular formula is C12H11FN2O. The summed E-state index contributed by atoms with van der Waals surface area (Å²) < 4.78 is 15.1. The maximum atomic E-state index is 13.7. The molecule has 0 aliphatic rings. The first-order valence-corrected chi connectivity index (χ1v) is 4.90. The SMILES string of the molecule is CC(=O)c1cccc(F)c1-n1cc(C)cn1. The number of carbonyl (C=O) groups excluding carboxylic acids is 1. The zero-order valence-corrected chi connectivity index (χ0v) is 9.07. The standard InChI is InChI=1S/C12H11FN2O/c1-8-6-14-15(7-8)12-10(9(2)16)4-3-5-11(12)13/h3-7H,1-2H3. The highest BCUT2D eigenvalue weighted by Gasteiger charge is 2.14. The normalized spacial score (nSPS) is 10.4. The zero-order valence-electron chi connectivity index (χ0n) is 9.07. The van der Waals surface area contributed by atoms with Gasteiger partial charge in [0.05, 0.1) is 6.20 Å². The average Bonchev–Trinajstić information content (AvgIpc) is 2.64. The summed E-state index contributed by atoms with van der Waals surface area (Å²) in [5, 5.41) is 4.01. The van der Waals surface area contributed by atoms with Crippen molar-refractivity contribution in [1.29, 1.82) is 0 Å². The summed E-state index contributed by atoms with van der Waals surface area (Å²) in [6, 6.07) is 4.43. The highest BCUT2D eigenvalue weighted by Crippen LogP contribution is 2.19. The second-order valence-electron chi connectivity index (χ2n) is 3.65. The van der Waals surface area contributed by atoms with E-state index in [4.69, 9.17) is 0 Å². The lowest BCUT2D eigenvalue weighted by Crippen LogP contribution is -2.06. The van der Waals surface area contributed by atoms with E-state index in [-0.39, 0.29) is 11.5 Å². The quantitative estimate of drug-likeness (QED) is 0.726. The van der Waals surface area contributed by atoms with Gasteiger partial charge in [0.1, 0.15) is 11.5 Å². The first-order valence-electron chi connectivity index (χ1n) is 4.90. The number of nitrogens with zero attached hydrogens (tertiary/aromatic N) is 2. The minimum atomic E-state index is -0.448. The van der Waals surface area contributed by atoms with Gasteiger partial charge >= 0.3 is 0 Å². The van der Waals surface area contributed by atoms with Crippen molar-refractivity contribution in [3.63, 3.8) is 0 Å². The first kappa shape index (κ1) is 10.5. The van der Waals surface area contributed by atoms with Crippen molar-refractivity contribution in [3.8, 4) is 5.69 Å². The van der Waals surface area contributed by atoms with Crippen molar-refractivity contribution in [2.75, 3.05) is 0 Å². The second-order valence-corrected chi connectivity index (χ2v) is 3.65. The Kier molecular flexibility index (Phi) is 2.56. The average molecular weight is 218 g/mol. The Balaban J connectivity index is 2.67. The van der Waals surface area contributed by atoms with Crippen LogP contribution in [0.4, 0.5) is 4.39 Å². The number of rotatable bonds is 2. The number of halogens is 1. The molecule has 3 nitrogen and oxygen atoms in total. The summed E-state index contributed by atoms with van der Waals surface area (Å²) in [6.07, 6.45) is 3.31. The topological polar surface area (TPSA) is 34.9 Å². The van der Waals surface area contributed by atoms with Crippen molar-refractivity contribution >= 4 is 5.78 Å². The number of aromatic nitrogens is 2. The lowest BCUT2D eigenvalue weighted by atomic mass is 10.1. The number of Topliss-reactive ketones (excluding diaryl/α,β-unsaturated/α-hetero) is 1. The monoisotopic (exact) mass is 218 g/mol. The molecule has 82 valence electrons. The molecule has 4 heteroatoms. The molecule has 16 heavy (non-hydrogen) atoms. The molecule has 0 atom stereocenters. The summed E-state index contributed by atoms with van der Waals surface area (Å²) in [5.74, 6) is -0.626. The van der Waals surface area contributed by atoms with E-state index in [9.17, 15) is 9.18 Å². The molecular weight excluding hydrogens is 207 g/mol. The van der Waals surface area contributed by atoms with Gasteiger partial charge in [0, 0.05) is 11.8 Å². The Hall–Kier alpha value is -1.97. The molecule has 1 aromatic carbocycles. The number of hydrogen-bond donors (Lipinski definition) is 0. The van der Waals surface area contributed by atoms with Crippen LogP contribution in [0.25, 0.3) is 5.69 Å². The number of carbonyl (C=O) groups is 1. The minimum Gasteiger partial charge on any atom is -0.294 e. The van der Waals surface area contributed by atoms with Gasteiger partial charge in [0.2, 0.25) is 0 Å². The number of benzene rings is 1. The van der Waals surface area contributed by atoms with Crippen LogP contribution in [0.3, 0.4) is 0 Å². The van der Waals surface area contributed by atoms with Crippen molar-refractivity contribution in [1.82, 2.24) is 9.78 Å². The van der Waals surface area contributed by atoms with E-state index in [0.29, 0.717) is 5.56 Å². The smallest absolute Gasteiger partial charge is 0.162 e. The number of hydrogen-bond acceptors (Lipinski definition) is 2. The van der Waals surface area contributed by atoms with E-state index in [1.165, 1.54) is 23.7 Å². The van der Waals surface area contributed by atoms with Gasteiger partial charge in [-0.25, -0.2) is 9.07 Å². The Bertz CT molecular complexity index is 546. The molecule has 0 aliphatic carbocycles. The highest BCUT2D eigenvalue weighted by atomic mass is 19.1. The molecule has 2 rings (SSSR count). The first-order chi connectivity index (χ1) is 7.59. The third kappa shape index (κ3) is 1.74.